The van der Waals surface area contributed by atoms with Crippen LogP contribution < -0.4 is 0 Å². The highest BCUT2D eigenvalue weighted by Crippen LogP contribution is 2.40. The maximum atomic E-state index is 12.5. The number of nitrogens with zero attached hydrogens (tertiary/aromatic N) is 4. The Morgan fingerprint density at radius 2 is 1.65 bits per heavy atom. The van der Waals surface area contributed by atoms with E-state index in [2.05, 4.69) is 10.2 Å². The molecule has 1 aromatic carbocycles. The largest absolute Gasteiger partial charge is 0.425 e. The molecular weight excluding hydrogens is 336 g/mol. The van der Waals surface area contributed by atoms with Crippen molar-refractivity contribution in [2.45, 2.75) is 43.9 Å². The van der Waals surface area contributed by atoms with Crippen molar-refractivity contribution in [3.63, 3.8) is 0 Å². The SMILES string of the molecule is O=C(Cc1ccc([N+](=O)[O-])cc1)N1CCC(c2nnc(C3CC3)o2)CC1. The number of nitro benzene ring substituents is 1. The molecule has 1 saturated heterocycles. The topological polar surface area (TPSA) is 102 Å². The third kappa shape index (κ3) is 3.58. The summed E-state index contributed by atoms with van der Waals surface area (Å²) in [7, 11) is 0. The Balaban J connectivity index is 1.30. The Labute approximate surface area is 150 Å². The van der Waals surface area contributed by atoms with Crippen LogP contribution in [0.15, 0.2) is 28.7 Å². The molecule has 0 unspecified atom stereocenters. The average molecular weight is 356 g/mol. The normalized spacial score (nSPS) is 18.1. The standard InChI is InChI=1S/C18H20N4O4/c23-16(11-12-1-5-15(6-2-12)22(24)25)21-9-7-14(8-10-21)18-20-19-17(26-18)13-3-4-13/h1-2,5-6,13-14H,3-4,7-11H2. The lowest BCUT2D eigenvalue weighted by molar-refractivity contribution is -0.384. The van der Waals surface area contributed by atoms with Crippen molar-refractivity contribution < 1.29 is 14.1 Å². The summed E-state index contributed by atoms with van der Waals surface area (Å²) in [6, 6.07) is 6.14. The number of likely N-dealkylation sites (tertiary alicyclic amines) is 1. The summed E-state index contributed by atoms with van der Waals surface area (Å²) in [6.07, 6.45) is 4.17. The molecule has 2 heterocycles. The molecule has 1 aromatic heterocycles. The van der Waals surface area contributed by atoms with E-state index < -0.39 is 4.92 Å². The molecule has 0 spiro atoms. The molecule has 1 amide bonds. The summed E-state index contributed by atoms with van der Waals surface area (Å²) in [5.41, 5.74) is 0.820. The van der Waals surface area contributed by atoms with E-state index in [0.717, 1.165) is 37.1 Å². The van der Waals surface area contributed by atoms with Gasteiger partial charge < -0.3 is 9.32 Å². The van der Waals surface area contributed by atoms with Gasteiger partial charge in [0.05, 0.1) is 11.3 Å². The number of nitro groups is 1. The molecule has 0 bridgehead atoms. The van der Waals surface area contributed by atoms with E-state index in [1.54, 1.807) is 12.1 Å². The van der Waals surface area contributed by atoms with Crippen molar-refractivity contribution >= 4 is 11.6 Å². The molecule has 0 N–H and O–H groups in total. The number of benzene rings is 1. The molecule has 0 atom stereocenters. The molecule has 8 nitrogen and oxygen atoms in total. The maximum Gasteiger partial charge on any atom is 0.269 e. The van der Waals surface area contributed by atoms with Gasteiger partial charge in [0.1, 0.15) is 0 Å². The van der Waals surface area contributed by atoms with Gasteiger partial charge in [-0.2, -0.15) is 0 Å². The summed E-state index contributed by atoms with van der Waals surface area (Å²) in [5.74, 6) is 2.19. The van der Waals surface area contributed by atoms with Gasteiger partial charge in [-0.3, -0.25) is 14.9 Å². The first-order valence-electron chi connectivity index (χ1n) is 8.94. The van der Waals surface area contributed by atoms with Gasteiger partial charge in [0.2, 0.25) is 17.7 Å². The van der Waals surface area contributed by atoms with Crippen LogP contribution in [0.1, 0.15) is 54.9 Å². The number of piperidine rings is 1. The second-order valence-corrected chi connectivity index (χ2v) is 7.01. The highest BCUT2D eigenvalue weighted by Gasteiger charge is 2.32. The van der Waals surface area contributed by atoms with Crippen molar-refractivity contribution in [2.24, 2.45) is 0 Å². The lowest BCUT2D eigenvalue weighted by atomic mass is 9.96. The number of non-ortho nitro benzene ring substituents is 1. The van der Waals surface area contributed by atoms with Gasteiger partial charge in [0, 0.05) is 37.1 Å². The summed E-state index contributed by atoms with van der Waals surface area (Å²) < 4.78 is 5.79. The molecule has 1 aliphatic carbocycles. The van der Waals surface area contributed by atoms with Crippen LogP contribution in [-0.4, -0.2) is 39.0 Å². The minimum Gasteiger partial charge on any atom is -0.425 e. The van der Waals surface area contributed by atoms with Crippen molar-refractivity contribution in [2.75, 3.05) is 13.1 Å². The second kappa shape index (κ2) is 6.86. The molecular formula is C18H20N4O4. The smallest absolute Gasteiger partial charge is 0.269 e. The summed E-state index contributed by atoms with van der Waals surface area (Å²) in [6.45, 7) is 1.33. The zero-order chi connectivity index (χ0) is 18.1. The van der Waals surface area contributed by atoms with Gasteiger partial charge in [-0.1, -0.05) is 12.1 Å². The third-order valence-electron chi connectivity index (χ3n) is 5.08. The van der Waals surface area contributed by atoms with Crippen LogP contribution in [0.25, 0.3) is 0 Å². The molecule has 136 valence electrons. The molecule has 8 heteroatoms. The van der Waals surface area contributed by atoms with Crippen LogP contribution in [0.3, 0.4) is 0 Å². The number of carbonyl (C=O) groups is 1. The van der Waals surface area contributed by atoms with Gasteiger partial charge in [0.15, 0.2) is 0 Å². The number of hydrogen-bond donors (Lipinski definition) is 0. The van der Waals surface area contributed by atoms with E-state index in [0.29, 0.717) is 24.9 Å². The first-order chi connectivity index (χ1) is 12.6. The minimum absolute atomic E-state index is 0.0344. The van der Waals surface area contributed by atoms with Crippen LogP contribution in [0.5, 0.6) is 0 Å². The predicted molar refractivity (Wildman–Crippen MR) is 91.6 cm³/mol. The van der Waals surface area contributed by atoms with E-state index in [1.807, 2.05) is 4.90 Å². The zero-order valence-electron chi connectivity index (χ0n) is 14.3. The molecule has 1 aliphatic heterocycles. The van der Waals surface area contributed by atoms with E-state index in [-0.39, 0.29) is 23.9 Å². The molecule has 0 radical (unpaired) electrons. The minimum atomic E-state index is -0.442. The lowest BCUT2D eigenvalue weighted by Gasteiger charge is -2.30. The number of aromatic nitrogens is 2. The lowest BCUT2D eigenvalue weighted by Crippen LogP contribution is -2.38. The second-order valence-electron chi connectivity index (χ2n) is 7.01. The monoisotopic (exact) mass is 356 g/mol. The number of hydrogen-bond acceptors (Lipinski definition) is 6. The molecule has 2 aliphatic rings. The first-order valence-corrected chi connectivity index (χ1v) is 8.94. The molecule has 2 aromatic rings. The van der Waals surface area contributed by atoms with Gasteiger partial charge in [-0.05, 0) is 31.2 Å². The molecule has 26 heavy (non-hydrogen) atoms. The van der Waals surface area contributed by atoms with Gasteiger partial charge >= 0.3 is 0 Å². The van der Waals surface area contributed by atoms with Crippen molar-refractivity contribution in [3.05, 3.63) is 51.7 Å². The quantitative estimate of drug-likeness (QED) is 0.603. The van der Waals surface area contributed by atoms with Crippen LogP contribution in [-0.2, 0) is 11.2 Å². The van der Waals surface area contributed by atoms with E-state index >= 15 is 0 Å². The molecule has 4 rings (SSSR count). The summed E-state index contributed by atoms with van der Waals surface area (Å²) in [4.78, 5) is 24.6. The van der Waals surface area contributed by atoms with Crippen LogP contribution in [0.2, 0.25) is 0 Å². The Morgan fingerprint density at radius 1 is 1.08 bits per heavy atom. The van der Waals surface area contributed by atoms with Crippen molar-refractivity contribution in [3.8, 4) is 0 Å². The van der Waals surface area contributed by atoms with Crippen LogP contribution in [0.4, 0.5) is 5.69 Å². The number of amides is 1. The van der Waals surface area contributed by atoms with Crippen LogP contribution in [0, 0.1) is 10.1 Å². The highest BCUT2D eigenvalue weighted by molar-refractivity contribution is 5.79. The van der Waals surface area contributed by atoms with E-state index in [4.69, 9.17) is 4.42 Å². The Hall–Kier alpha value is -2.77. The summed E-state index contributed by atoms with van der Waals surface area (Å²) >= 11 is 0. The highest BCUT2D eigenvalue weighted by atomic mass is 16.6. The zero-order valence-corrected chi connectivity index (χ0v) is 14.3. The van der Waals surface area contributed by atoms with Gasteiger partial charge in [-0.25, -0.2) is 0 Å². The Morgan fingerprint density at radius 3 is 2.19 bits per heavy atom. The van der Waals surface area contributed by atoms with Gasteiger partial charge in [-0.15, -0.1) is 10.2 Å². The fraction of sp³-hybridized carbons (Fsp3) is 0.500. The van der Waals surface area contributed by atoms with Crippen LogP contribution >= 0.6 is 0 Å². The fourth-order valence-corrected chi connectivity index (χ4v) is 3.30. The van der Waals surface area contributed by atoms with E-state index in [1.165, 1.54) is 12.1 Å². The van der Waals surface area contributed by atoms with Crippen molar-refractivity contribution in [1.82, 2.24) is 15.1 Å². The van der Waals surface area contributed by atoms with Crippen molar-refractivity contribution in [1.29, 1.82) is 0 Å². The number of carbonyl (C=O) groups excluding carboxylic acids is 1. The fourth-order valence-electron chi connectivity index (χ4n) is 3.30. The van der Waals surface area contributed by atoms with E-state index in [9.17, 15) is 14.9 Å². The predicted octanol–water partition coefficient (Wildman–Crippen LogP) is 2.80. The summed E-state index contributed by atoms with van der Waals surface area (Å²) in [5, 5.41) is 19.0. The first kappa shape index (κ1) is 16.7. The average Bonchev–Trinajstić information content (AvgIpc) is 3.39. The third-order valence-corrected chi connectivity index (χ3v) is 5.08. The molecule has 1 saturated carbocycles. The Bertz CT molecular complexity index is 805. The molecule has 2 fully saturated rings. The Kier molecular flexibility index (Phi) is 4.40. The maximum absolute atomic E-state index is 12.5. The van der Waals surface area contributed by atoms with Gasteiger partial charge in [0.25, 0.3) is 5.69 Å². The number of rotatable bonds is 5.